The van der Waals surface area contributed by atoms with Gasteiger partial charge in [-0.05, 0) is 37.8 Å². The molecule has 1 aliphatic carbocycles. The van der Waals surface area contributed by atoms with Gasteiger partial charge in [0.25, 0.3) is 5.91 Å². The Morgan fingerprint density at radius 3 is 2.61 bits per heavy atom. The minimum atomic E-state index is -0.775. The maximum Gasteiger partial charge on any atom is 0.313 e. The van der Waals surface area contributed by atoms with E-state index in [2.05, 4.69) is 5.32 Å². The Morgan fingerprint density at radius 2 is 2.00 bits per heavy atom. The summed E-state index contributed by atoms with van der Waals surface area (Å²) in [7, 11) is 0. The summed E-state index contributed by atoms with van der Waals surface area (Å²) in [6, 6.07) is 4.20. The number of carbonyl (C=O) groups is 2. The van der Waals surface area contributed by atoms with Gasteiger partial charge < -0.3 is 10.1 Å². The maximum atomic E-state index is 11.6. The van der Waals surface area contributed by atoms with E-state index in [4.69, 9.17) is 4.74 Å². The summed E-state index contributed by atoms with van der Waals surface area (Å²) in [4.78, 5) is 33.5. The zero-order valence-corrected chi connectivity index (χ0v) is 13.0. The largest absolute Gasteiger partial charge is 0.484 e. The molecule has 1 amide bonds. The Bertz CT molecular complexity index is 608. The van der Waals surface area contributed by atoms with Crippen molar-refractivity contribution in [2.24, 2.45) is 0 Å². The smallest absolute Gasteiger partial charge is 0.313 e. The summed E-state index contributed by atoms with van der Waals surface area (Å²) in [5.41, 5.74) is -0.00295. The molecule has 1 N–H and O–H groups in total. The number of ether oxygens (including phenoxy) is 1. The molecule has 1 aromatic rings. The van der Waals surface area contributed by atoms with Crippen LogP contribution in [-0.4, -0.2) is 22.7 Å². The fourth-order valence-corrected chi connectivity index (χ4v) is 2.56. The molecule has 7 heteroatoms. The topological polar surface area (TPSA) is 98.5 Å². The highest BCUT2D eigenvalue weighted by molar-refractivity contribution is 6.40. The highest BCUT2D eigenvalue weighted by Gasteiger charge is 2.22. The molecule has 7 nitrogen and oxygen atoms in total. The molecule has 124 valence electrons. The number of ketones is 1. The van der Waals surface area contributed by atoms with E-state index in [0.29, 0.717) is 0 Å². The van der Waals surface area contributed by atoms with E-state index in [-0.39, 0.29) is 29.6 Å². The molecule has 0 unspecified atom stereocenters. The van der Waals surface area contributed by atoms with Gasteiger partial charge in [0.2, 0.25) is 5.78 Å². The highest BCUT2D eigenvalue weighted by atomic mass is 16.6. The molecule has 0 spiro atoms. The van der Waals surface area contributed by atoms with Crippen molar-refractivity contribution in [1.29, 1.82) is 0 Å². The van der Waals surface area contributed by atoms with Gasteiger partial charge in [0.1, 0.15) is 0 Å². The molecule has 1 fully saturated rings. The number of hydrogen-bond acceptors (Lipinski definition) is 5. The van der Waals surface area contributed by atoms with Crippen LogP contribution >= 0.6 is 0 Å². The predicted octanol–water partition coefficient (Wildman–Crippen LogP) is 3.22. The van der Waals surface area contributed by atoms with Crippen molar-refractivity contribution in [3.63, 3.8) is 0 Å². The SMILES string of the molecule is CCC(=O)C(=O)Nc1ccc(OC2CCCCC2)c([N+](=O)[O-])c1. The summed E-state index contributed by atoms with van der Waals surface area (Å²) in [6.07, 6.45) is 5.14. The molecule has 0 bridgehead atoms. The van der Waals surface area contributed by atoms with Crippen molar-refractivity contribution in [1.82, 2.24) is 0 Å². The molecule has 2 rings (SSSR count). The second kappa shape index (κ2) is 7.71. The Labute approximate surface area is 134 Å². The number of rotatable bonds is 6. The molecule has 0 atom stereocenters. The van der Waals surface area contributed by atoms with Crippen LogP contribution in [0.2, 0.25) is 0 Å². The standard InChI is InChI=1S/C16H20N2O5/c1-2-14(19)16(20)17-11-8-9-15(13(10-11)18(21)22)23-12-6-4-3-5-7-12/h8-10,12H,2-7H2,1H3,(H,17,20). The molecule has 0 saturated heterocycles. The number of benzene rings is 1. The maximum absolute atomic E-state index is 11.6. The van der Waals surface area contributed by atoms with Gasteiger partial charge in [-0.3, -0.25) is 19.7 Å². The van der Waals surface area contributed by atoms with Gasteiger partial charge in [0.05, 0.1) is 11.0 Å². The van der Waals surface area contributed by atoms with E-state index in [1.807, 2.05) is 0 Å². The number of hydrogen-bond donors (Lipinski definition) is 1. The van der Waals surface area contributed by atoms with E-state index in [0.717, 1.165) is 25.7 Å². The number of anilines is 1. The number of nitro groups is 1. The Morgan fingerprint density at radius 1 is 1.30 bits per heavy atom. The zero-order chi connectivity index (χ0) is 16.8. The fourth-order valence-electron chi connectivity index (χ4n) is 2.56. The van der Waals surface area contributed by atoms with Crippen LogP contribution in [0.5, 0.6) is 5.75 Å². The lowest BCUT2D eigenvalue weighted by molar-refractivity contribution is -0.386. The molecule has 23 heavy (non-hydrogen) atoms. The molecule has 1 aliphatic rings. The second-order valence-electron chi connectivity index (χ2n) is 5.55. The molecule has 1 saturated carbocycles. The van der Waals surface area contributed by atoms with E-state index in [1.54, 1.807) is 6.92 Å². The second-order valence-corrected chi connectivity index (χ2v) is 5.55. The third-order valence-electron chi connectivity index (χ3n) is 3.83. The van der Waals surface area contributed by atoms with E-state index in [1.165, 1.54) is 24.6 Å². The summed E-state index contributed by atoms with van der Waals surface area (Å²) in [5, 5.41) is 13.6. The van der Waals surface area contributed by atoms with Gasteiger partial charge in [-0.15, -0.1) is 0 Å². The lowest BCUT2D eigenvalue weighted by Crippen LogP contribution is -2.22. The van der Waals surface area contributed by atoms with E-state index in [9.17, 15) is 19.7 Å². The molecule has 0 heterocycles. The quantitative estimate of drug-likeness (QED) is 0.493. The van der Waals surface area contributed by atoms with Gasteiger partial charge in [-0.1, -0.05) is 13.3 Å². The molecule has 0 aliphatic heterocycles. The van der Waals surface area contributed by atoms with Crippen LogP contribution in [0.3, 0.4) is 0 Å². The van der Waals surface area contributed by atoms with Crippen molar-refractivity contribution in [2.45, 2.75) is 51.6 Å². The minimum absolute atomic E-state index is 0.00967. The van der Waals surface area contributed by atoms with Gasteiger partial charge in [-0.2, -0.15) is 0 Å². The molecule has 0 aromatic heterocycles. The van der Waals surface area contributed by atoms with Crippen molar-refractivity contribution in [2.75, 3.05) is 5.32 Å². The van der Waals surface area contributed by atoms with Crippen LogP contribution in [-0.2, 0) is 9.59 Å². The third kappa shape index (κ3) is 4.51. The number of carbonyl (C=O) groups excluding carboxylic acids is 2. The number of nitro benzene ring substituents is 1. The van der Waals surface area contributed by atoms with Crippen LogP contribution in [0, 0.1) is 10.1 Å². The average molecular weight is 320 g/mol. The summed E-state index contributed by atoms with van der Waals surface area (Å²) in [5.74, 6) is -1.15. The van der Waals surface area contributed by atoms with Crippen molar-refractivity contribution in [3.8, 4) is 5.75 Å². The first kappa shape index (κ1) is 16.9. The Hall–Kier alpha value is -2.44. The first-order valence-electron chi connectivity index (χ1n) is 7.80. The van der Waals surface area contributed by atoms with Crippen LogP contribution in [0.4, 0.5) is 11.4 Å². The first-order valence-corrected chi connectivity index (χ1v) is 7.80. The number of nitrogens with zero attached hydrogens (tertiary/aromatic N) is 1. The van der Waals surface area contributed by atoms with E-state index < -0.39 is 16.6 Å². The van der Waals surface area contributed by atoms with E-state index >= 15 is 0 Å². The van der Waals surface area contributed by atoms with Gasteiger partial charge in [-0.25, -0.2) is 0 Å². The highest BCUT2D eigenvalue weighted by Crippen LogP contribution is 2.33. The van der Waals surface area contributed by atoms with Gasteiger partial charge >= 0.3 is 5.69 Å². The zero-order valence-electron chi connectivity index (χ0n) is 13.0. The van der Waals surface area contributed by atoms with Crippen molar-refractivity contribution in [3.05, 3.63) is 28.3 Å². The average Bonchev–Trinajstić information content (AvgIpc) is 2.56. The molecular weight excluding hydrogens is 300 g/mol. The third-order valence-corrected chi connectivity index (χ3v) is 3.83. The fraction of sp³-hybridized carbons (Fsp3) is 0.500. The number of nitrogens with one attached hydrogen (secondary N) is 1. The van der Waals surface area contributed by atoms with Gasteiger partial charge in [0.15, 0.2) is 5.75 Å². The summed E-state index contributed by atoms with van der Waals surface area (Å²) in [6.45, 7) is 1.57. The monoisotopic (exact) mass is 320 g/mol. The van der Waals surface area contributed by atoms with Crippen LogP contribution < -0.4 is 10.1 Å². The van der Waals surface area contributed by atoms with Crippen LogP contribution in [0.25, 0.3) is 0 Å². The molecule has 0 radical (unpaired) electrons. The Kier molecular flexibility index (Phi) is 5.67. The van der Waals surface area contributed by atoms with Crippen LogP contribution in [0.15, 0.2) is 18.2 Å². The number of amides is 1. The Balaban J connectivity index is 2.15. The van der Waals surface area contributed by atoms with Crippen LogP contribution in [0.1, 0.15) is 45.4 Å². The molecular formula is C16H20N2O5. The predicted molar refractivity (Wildman–Crippen MR) is 84.5 cm³/mol. The summed E-state index contributed by atoms with van der Waals surface area (Å²) >= 11 is 0. The summed E-state index contributed by atoms with van der Waals surface area (Å²) < 4.78 is 5.76. The van der Waals surface area contributed by atoms with Gasteiger partial charge in [0, 0.05) is 18.2 Å². The first-order chi connectivity index (χ1) is 11.0. The van der Waals surface area contributed by atoms with Crippen molar-refractivity contribution >= 4 is 23.1 Å². The minimum Gasteiger partial charge on any atom is -0.484 e. The normalized spacial score (nSPS) is 15.0. The lowest BCUT2D eigenvalue weighted by Gasteiger charge is -2.22. The van der Waals surface area contributed by atoms with Crippen molar-refractivity contribution < 1.29 is 19.2 Å². The number of Topliss-reactive ketones (excluding diaryl/α,β-unsaturated/α-hetero) is 1. The lowest BCUT2D eigenvalue weighted by atomic mass is 9.98. The molecule has 1 aromatic carbocycles.